The van der Waals surface area contributed by atoms with Gasteiger partial charge in [0.25, 0.3) is 5.56 Å². The van der Waals surface area contributed by atoms with Gasteiger partial charge in [0, 0.05) is 18.8 Å². The quantitative estimate of drug-likeness (QED) is 0.786. The Kier molecular flexibility index (Phi) is 3.09. The number of hydrogen-bond donors (Lipinski definition) is 1. The van der Waals surface area contributed by atoms with E-state index in [4.69, 9.17) is 5.11 Å². The van der Waals surface area contributed by atoms with Crippen LogP contribution in [0.2, 0.25) is 0 Å². The molecule has 0 aliphatic carbocycles. The van der Waals surface area contributed by atoms with E-state index in [1.807, 2.05) is 6.20 Å². The molecule has 0 spiro atoms. The van der Waals surface area contributed by atoms with E-state index in [9.17, 15) is 9.59 Å². The predicted octanol–water partition coefficient (Wildman–Crippen LogP) is 1.25. The SMILES string of the molecule is Cc1c(C(=O)O)sc2ncn(Cc3cnn(C)c3)c(=O)c12. The highest BCUT2D eigenvalue weighted by Gasteiger charge is 2.18. The highest BCUT2D eigenvalue weighted by atomic mass is 32.1. The molecule has 0 atom stereocenters. The van der Waals surface area contributed by atoms with Crippen LogP contribution in [0.4, 0.5) is 0 Å². The maximum absolute atomic E-state index is 12.5. The van der Waals surface area contributed by atoms with Crippen LogP contribution in [-0.4, -0.2) is 30.4 Å². The molecule has 0 radical (unpaired) electrons. The lowest BCUT2D eigenvalue weighted by molar-refractivity contribution is 0.0701. The highest BCUT2D eigenvalue weighted by Crippen LogP contribution is 2.26. The van der Waals surface area contributed by atoms with E-state index >= 15 is 0 Å². The van der Waals surface area contributed by atoms with Crippen LogP contribution in [0.3, 0.4) is 0 Å². The van der Waals surface area contributed by atoms with Crippen molar-refractivity contribution in [3.8, 4) is 0 Å². The molecule has 0 saturated heterocycles. The Morgan fingerprint density at radius 1 is 1.48 bits per heavy atom. The molecule has 0 unspecified atom stereocenters. The van der Waals surface area contributed by atoms with E-state index in [-0.39, 0.29) is 10.4 Å². The molecule has 108 valence electrons. The molecule has 0 fully saturated rings. The van der Waals surface area contributed by atoms with Gasteiger partial charge in [0.15, 0.2) is 0 Å². The summed E-state index contributed by atoms with van der Waals surface area (Å²) in [6.45, 7) is 1.99. The number of rotatable bonds is 3. The summed E-state index contributed by atoms with van der Waals surface area (Å²) >= 11 is 1.02. The number of carboxylic acids is 1. The Morgan fingerprint density at radius 2 is 2.24 bits per heavy atom. The molecule has 3 aromatic heterocycles. The molecule has 8 heteroatoms. The fourth-order valence-electron chi connectivity index (χ4n) is 2.23. The lowest BCUT2D eigenvalue weighted by atomic mass is 10.2. The summed E-state index contributed by atoms with van der Waals surface area (Å²) in [6, 6.07) is 0. The minimum absolute atomic E-state index is 0.161. The maximum Gasteiger partial charge on any atom is 0.346 e. The van der Waals surface area contributed by atoms with Crippen molar-refractivity contribution < 1.29 is 9.90 Å². The average molecular weight is 304 g/mol. The molecular formula is C13H12N4O3S. The minimum Gasteiger partial charge on any atom is -0.477 e. The molecule has 0 aliphatic rings. The highest BCUT2D eigenvalue weighted by molar-refractivity contribution is 7.20. The van der Waals surface area contributed by atoms with Crippen molar-refractivity contribution in [3.05, 3.63) is 45.1 Å². The van der Waals surface area contributed by atoms with Crippen LogP contribution in [0.5, 0.6) is 0 Å². The van der Waals surface area contributed by atoms with Crippen molar-refractivity contribution in [3.63, 3.8) is 0 Å². The van der Waals surface area contributed by atoms with Gasteiger partial charge in [0.2, 0.25) is 0 Å². The van der Waals surface area contributed by atoms with Crippen LogP contribution in [-0.2, 0) is 13.6 Å². The van der Waals surface area contributed by atoms with Crippen molar-refractivity contribution in [1.29, 1.82) is 0 Å². The zero-order valence-electron chi connectivity index (χ0n) is 11.4. The second kappa shape index (κ2) is 4.81. The number of nitrogens with zero attached hydrogens (tertiary/aromatic N) is 4. The van der Waals surface area contributed by atoms with Crippen LogP contribution >= 0.6 is 11.3 Å². The topological polar surface area (TPSA) is 90.0 Å². The first-order valence-corrected chi connectivity index (χ1v) is 6.98. The van der Waals surface area contributed by atoms with E-state index in [1.165, 1.54) is 10.9 Å². The lowest BCUT2D eigenvalue weighted by Gasteiger charge is -2.03. The summed E-state index contributed by atoms with van der Waals surface area (Å²) in [6.07, 6.45) is 4.94. The number of aryl methyl sites for hydroxylation is 2. The van der Waals surface area contributed by atoms with Crippen molar-refractivity contribution in [2.45, 2.75) is 13.5 Å². The first kappa shape index (κ1) is 13.5. The molecule has 1 N–H and O–H groups in total. The van der Waals surface area contributed by atoms with Crippen molar-refractivity contribution in [2.24, 2.45) is 7.05 Å². The predicted molar refractivity (Wildman–Crippen MR) is 77.9 cm³/mol. The zero-order valence-corrected chi connectivity index (χ0v) is 12.2. The average Bonchev–Trinajstić information content (AvgIpc) is 2.97. The first-order chi connectivity index (χ1) is 9.97. The maximum atomic E-state index is 12.5. The van der Waals surface area contributed by atoms with Gasteiger partial charge in [-0.1, -0.05) is 0 Å². The standard InChI is InChI=1S/C13H12N4O3S/c1-7-9-11(21-10(7)13(19)20)14-6-17(12(9)18)5-8-3-15-16(2)4-8/h3-4,6H,5H2,1-2H3,(H,19,20). The molecular weight excluding hydrogens is 292 g/mol. The van der Waals surface area contributed by atoms with Gasteiger partial charge in [-0.15, -0.1) is 11.3 Å². The van der Waals surface area contributed by atoms with E-state index in [0.29, 0.717) is 22.3 Å². The molecule has 0 amide bonds. The van der Waals surface area contributed by atoms with Gasteiger partial charge >= 0.3 is 5.97 Å². The number of carbonyl (C=O) groups is 1. The summed E-state index contributed by atoms with van der Waals surface area (Å²) < 4.78 is 3.12. The Bertz CT molecular complexity index is 906. The van der Waals surface area contributed by atoms with E-state index in [1.54, 1.807) is 24.9 Å². The van der Waals surface area contributed by atoms with Gasteiger partial charge in [-0.05, 0) is 12.5 Å². The smallest absolute Gasteiger partial charge is 0.346 e. The monoisotopic (exact) mass is 304 g/mol. The summed E-state index contributed by atoms with van der Waals surface area (Å²) in [5.74, 6) is -1.03. The Morgan fingerprint density at radius 3 is 2.86 bits per heavy atom. The largest absolute Gasteiger partial charge is 0.477 e. The molecule has 0 aliphatic heterocycles. The van der Waals surface area contributed by atoms with Crippen LogP contribution in [0.25, 0.3) is 10.2 Å². The summed E-state index contributed by atoms with van der Waals surface area (Å²) in [5, 5.41) is 13.6. The van der Waals surface area contributed by atoms with E-state index < -0.39 is 5.97 Å². The minimum atomic E-state index is -1.03. The second-order valence-electron chi connectivity index (χ2n) is 4.74. The van der Waals surface area contributed by atoms with Crippen LogP contribution in [0.15, 0.2) is 23.5 Å². The number of hydrogen-bond acceptors (Lipinski definition) is 5. The summed E-state index contributed by atoms with van der Waals surface area (Å²) in [7, 11) is 1.80. The number of carboxylic acid groups (broad SMARTS) is 1. The third kappa shape index (κ3) is 2.23. The summed E-state index contributed by atoms with van der Waals surface area (Å²) in [4.78, 5) is 28.5. The van der Waals surface area contributed by atoms with Crippen molar-refractivity contribution in [1.82, 2.24) is 19.3 Å². The lowest BCUT2D eigenvalue weighted by Crippen LogP contribution is -2.21. The fraction of sp³-hybridized carbons (Fsp3) is 0.231. The Balaban J connectivity index is 2.13. The second-order valence-corrected chi connectivity index (χ2v) is 5.74. The third-order valence-electron chi connectivity index (χ3n) is 3.22. The van der Waals surface area contributed by atoms with Gasteiger partial charge in [0.05, 0.1) is 24.5 Å². The number of fused-ring (bicyclic) bond motifs is 1. The van der Waals surface area contributed by atoms with E-state index in [2.05, 4.69) is 10.1 Å². The number of thiophene rings is 1. The fourth-order valence-corrected chi connectivity index (χ4v) is 3.20. The summed E-state index contributed by atoms with van der Waals surface area (Å²) in [5.41, 5.74) is 1.12. The van der Waals surface area contributed by atoms with Crippen LogP contribution in [0.1, 0.15) is 20.8 Å². The molecule has 21 heavy (non-hydrogen) atoms. The third-order valence-corrected chi connectivity index (χ3v) is 4.41. The van der Waals surface area contributed by atoms with E-state index in [0.717, 1.165) is 16.9 Å². The normalized spacial score (nSPS) is 11.1. The molecule has 3 rings (SSSR count). The first-order valence-electron chi connectivity index (χ1n) is 6.16. The number of aromatic carboxylic acids is 1. The Labute approximate surface area is 123 Å². The molecule has 0 aromatic carbocycles. The van der Waals surface area contributed by atoms with Crippen LogP contribution in [0, 0.1) is 6.92 Å². The van der Waals surface area contributed by atoms with Gasteiger partial charge in [-0.3, -0.25) is 14.0 Å². The van der Waals surface area contributed by atoms with Gasteiger partial charge in [0.1, 0.15) is 9.71 Å². The van der Waals surface area contributed by atoms with Crippen molar-refractivity contribution in [2.75, 3.05) is 0 Å². The molecule has 0 saturated carbocycles. The van der Waals surface area contributed by atoms with Crippen LogP contribution < -0.4 is 5.56 Å². The Hall–Kier alpha value is -2.48. The zero-order chi connectivity index (χ0) is 15.1. The number of aromatic nitrogens is 4. The molecule has 0 bridgehead atoms. The molecule has 3 heterocycles. The molecule has 7 nitrogen and oxygen atoms in total. The van der Waals surface area contributed by atoms with Gasteiger partial charge in [-0.2, -0.15) is 5.10 Å². The van der Waals surface area contributed by atoms with Gasteiger partial charge < -0.3 is 5.11 Å². The molecule has 3 aromatic rings. The van der Waals surface area contributed by atoms with Gasteiger partial charge in [-0.25, -0.2) is 9.78 Å². The van der Waals surface area contributed by atoms with Crippen molar-refractivity contribution >= 4 is 27.5 Å².